The van der Waals surface area contributed by atoms with Crippen LogP contribution in [-0.2, 0) is 9.59 Å². The van der Waals surface area contributed by atoms with Crippen molar-refractivity contribution in [1.29, 1.82) is 0 Å². The molecular weight excluding hydrogens is 309 g/mol. The molecule has 0 fully saturated rings. The molecule has 0 atom stereocenters. The summed E-state index contributed by atoms with van der Waals surface area (Å²) in [6.07, 6.45) is 0.760. The van der Waals surface area contributed by atoms with Crippen molar-refractivity contribution in [2.75, 3.05) is 18.0 Å². The van der Waals surface area contributed by atoms with Crippen molar-refractivity contribution < 1.29 is 22.8 Å². The standard InChI is InChI=1S/C16H21F3N2O2/c1-10(2)6-8-20-14(23)7-9-21(11(3)22)13-5-4-12(17)15(18)16(13)19/h4-5,10H,6-9H2,1-3H3,(H,20,23). The van der Waals surface area contributed by atoms with E-state index in [0.717, 1.165) is 30.4 Å². The Hall–Kier alpha value is -2.05. The van der Waals surface area contributed by atoms with Gasteiger partial charge in [0.1, 0.15) is 0 Å². The average molecular weight is 330 g/mol. The minimum atomic E-state index is -1.64. The van der Waals surface area contributed by atoms with Gasteiger partial charge in [-0.05, 0) is 24.5 Å². The van der Waals surface area contributed by atoms with Gasteiger partial charge in [-0.15, -0.1) is 0 Å². The van der Waals surface area contributed by atoms with Crippen LogP contribution in [0, 0.1) is 23.4 Å². The number of amides is 2. The molecule has 0 aliphatic carbocycles. The van der Waals surface area contributed by atoms with Gasteiger partial charge in [-0.2, -0.15) is 0 Å². The normalized spacial score (nSPS) is 10.7. The molecule has 0 aliphatic heterocycles. The highest BCUT2D eigenvalue weighted by molar-refractivity contribution is 5.92. The van der Waals surface area contributed by atoms with Gasteiger partial charge in [0.2, 0.25) is 11.8 Å². The summed E-state index contributed by atoms with van der Waals surface area (Å²) in [7, 11) is 0. The molecule has 0 radical (unpaired) electrons. The largest absolute Gasteiger partial charge is 0.356 e. The van der Waals surface area contributed by atoms with Crippen LogP contribution >= 0.6 is 0 Å². The minimum absolute atomic E-state index is 0.0594. The molecule has 128 valence electrons. The molecule has 0 aliphatic rings. The Kier molecular flexibility index (Phi) is 7.06. The molecule has 0 spiro atoms. The van der Waals surface area contributed by atoms with Crippen LogP contribution in [0.1, 0.15) is 33.6 Å². The average Bonchev–Trinajstić information content (AvgIpc) is 2.46. The predicted octanol–water partition coefficient (Wildman–Crippen LogP) is 3.01. The molecule has 0 heterocycles. The van der Waals surface area contributed by atoms with Gasteiger partial charge in [-0.25, -0.2) is 13.2 Å². The maximum atomic E-state index is 13.8. The number of halogens is 3. The number of hydrogen-bond acceptors (Lipinski definition) is 2. The highest BCUT2D eigenvalue weighted by Gasteiger charge is 2.21. The lowest BCUT2D eigenvalue weighted by molar-refractivity contribution is -0.121. The van der Waals surface area contributed by atoms with Crippen molar-refractivity contribution in [3.8, 4) is 0 Å². The lowest BCUT2D eigenvalue weighted by atomic mass is 10.1. The molecule has 4 nitrogen and oxygen atoms in total. The second-order valence-electron chi connectivity index (χ2n) is 5.65. The van der Waals surface area contributed by atoms with Crippen LogP contribution in [0.15, 0.2) is 12.1 Å². The van der Waals surface area contributed by atoms with Crippen molar-refractivity contribution in [2.45, 2.75) is 33.6 Å². The summed E-state index contributed by atoms with van der Waals surface area (Å²) in [5.41, 5.74) is -0.383. The first-order valence-electron chi connectivity index (χ1n) is 7.42. The van der Waals surface area contributed by atoms with Crippen LogP contribution in [0.2, 0.25) is 0 Å². The fourth-order valence-corrected chi connectivity index (χ4v) is 1.97. The van der Waals surface area contributed by atoms with Crippen LogP contribution in [0.4, 0.5) is 18.9 Å². The van der Waals surface area contributed by atoms with Gasteiger partial charge in [-0.3, -0.25) is 9.59 Å². The summed E-state index contributed by atoms with van der Waals surface area (Å²) in [5.74, 6) is -4.83. The number of anilines is 1. The van der Waals surface area contributed by atoms with E-state index in [1.807, 2.05) is 13.8 Å². The van der Waals surface area contributed by atoms with E-state index in [-0.39, 0.29) is 24.6 Å². The Morgan fingerprint density at radius 3 is 2.39 bits per heavy atom. The topological polar surface area (TPSA) is 49.4 Å². The van der Waals surface area contributed by atoms with E-state index in [1.165, 1.54) is 0 Å². The van der Waals surface area contributed by atoms with Crippen LogP contribution < -0.4 is 10.2 Å². The number of nitrogens with zero attached hydrogens (tertiary/aromatic N) is 1. The second-order valence-corrected chi connectivity index (χ2v) is 5.65. The molecule has 1 aromatic rings. The van der Waals surface area contributed by atoms with Gasteiger partial charge in [0.15, 0.2) is 17.5 Å². The molecule has 0 bridgehead atoms. The van der Waals surface area contributed by atoms with E-state index < -0.39 is 23.4 Å². The summed E-state index contributed by atoms with van der Waals surface area (Å²) < 4.78 is 40.0. The molecule has 1 rings (SSSR count). The molecule has 0 aromatic heterocycles. The number of hydrogen-bond donors (Lipinski definition) is 1. The lowest BCUT2D eigenvalue weighted by Crippen LogP contribution is -2.35. The molecule has 7 heteroatoms. The van der Waals surface area contributed by atoms with Crippen LogP contribution in [0.25, 0.3) is 0 Å². The highest BCUT2D eigenvalue weighted by atomic mass is 19.2. The number of benzene rings is 1. The predicted molar refractivity (Wildman–Crippen MR) is 81.4 cm³/mol. The van der Waals surface area contributed by atoms with E-state index in [9.17, 15) is 22.8 Å². The fourth-order valence-electron chi connectivity index (χ4n) is 1.97. The van der Waals surface area contributed by atoms with E-state index in [4.69, 9.17) is 0 Å². The third-order valence-corrected chi connectivity index (χ3v) is 3.29. The summed E-state index contributed by atoms with van der Waals surface area (Å²) in [4.78, 5) is 24.2. The van der Waals surface area contributed by atoms with Gasteiger partial charge >= 0.3 is 0 Å². The SMILES string of the molecule is CC(=O)N(CCC(=O)NCCC(C)C)c1ccc(F)c(F)c1F. The molecular formula is C16H21F3N2O2. The maximum Gasteiger partial charge on any atom is 0.223 e. The number of nitrogens with one attached hydrogen (secondary N) is 1. The maximum absolute atomic E-state index is 13.8. The molecule has 23 heavy (non-hydrogen) atoms. The molecule has 0 unspecified atom stereocenters. The van der Waals surface area contributed by atoms with Crippen LogP contribution in [0.5, 0.6) is 0 Å². The lowest BCUT2D eigenvalue weighted by Gasteiger charge is -2.21. The minimum Gasteiger partial charge on any atom is -0.356 e. The Bertz CT molecular complexity index is 577. The first kappa shape index (κ1) is 19.0. The van der Waals surface area contributed by atoms with E-state index >= 15 is 0 Å². The van der Waals surface area contributed by atoms with Crippen molar-refractivity contribution in [3.63, 3.8) is 0 Å². The van der Waals surface area contributed by atoms with E-state index in [1.54, 1.807) is 0 Å². The number of carbonyl (C=O) groups is 2. The van der Waals surface area contributed by atoms with Gasteiger partial charge < -0.3 is 10.2 Å². The van der Waals surface area contributed by atoms with Gasteiger partial charge in [-0.1, -0.05) is 13.8 Å². The third-order valence-electron chi connectivity index (χ3n) is 3.29. The van der Waals surface area contributed by atoms with Crippen molar-refractivity contribution in [3.05, 3.63) is 29.6 Å². The van der Waals surface area contributed by atoms with Crippen molar-refractivity contribution in [2.24, 2.45) is 5.92 Å². The molecule has 1 N–H and O–H groups in total. The van der Waals surface area contributed by atoms with Crippen molar-refractivity contribution >= 4 is 17.5 Å². The van der Waals surface area contributed by atoms with Crippen LogP contribution in [-0.4, -0.2) is 24.9 Å². The van der Waals surface area contributed by atoms with Crippen LogP contribution in [0.3, 0.4) is 0 Å². The summed E-state index contributed by atoms with van der Waals surface area (Å²) in [6.45, 7) is 5.60. The number of rotatable bonds is 7. The zero-order valence-electron chi connectivity index (χ0n) is 13.5. The zero-order chi connectivity index (χ0) is 17.6. The first-order valence-corrected chi connectivity index (χ1v) is 7.42. The molecule has 0 saturated heterocycles. The second kappa shape index (κ2) is 8.55. The first-order chi connectivity index (χ1) is 10.7. The van der Waals surface area contributed by atoms with E-state index in [2.05, 4.69) is 5.32 Å². The Morgan fingerprint density at radius 2 is 1.83 bits per heavy atom. The van der Waals surface area contributed by atoms with Gasteiger partial charge in [0, 0.05) is 26.4 Å². The monoisotopic (exact) mass is 330 g/mol. The molecule has 1 aromatic carbocycles. The van der Waals surface area contributed by atoms with E-state index in [0.29, 0.717) is 12.5 Å². The van der Waals surface area contributed by atoms with Crippen molar-refractivity contribution in [1.82, 2.24) is 5.32 Å². The Balaban J connectivity index is 2.72. The number of carbonyl (C=O) groups excluding carboxylic acids is 2. The third kappa shape index (κ3) is 5.58. The van der Waals surface area contributed by atoms with Gasteiger partial charge in [0.05, 0.1) is 5.69 Å². The summed E-state index contributed by atoms with van der Waals surface area (Å²) in [6, 6.07) is 1.72. The summed E-state index contributed by atoms with van der Waals surface area (Å²) in [5, 5.41) is 2.69. The fraction of sp³-hybridized carbons (Fsp3) is 0.500. The van der Waals surface area contributed by atoms with Gasteiger partial charge in [0.25, 0.3) is 0 Å². The Morgan fingerprint density at radius 1 is 1.17 bits per heavy atom. The molecule has 0 saturated carbocycles. The smallest absolute Gasteiger partial charge is 0.223 e. The zero-order valence-corrected chi connectivity index (χ0v) is 13.5. The molecule has 2 amide bonds. The quantitative estimate of drug-likeness (QED) is 0.781. The summed E-state index contributed by atoms with van der Waals surface area (Å²) >= 11 is 0. The Labute approximate surface area is 133 Å². The highest BCUT2D eigenvalue weighted by Crippen LogP contribution is 2.24.